The summed E-state index contributed by atoms with van der Waals surface area (Å²) < 4.78 is 25.9. The van der Waals surface area contributed by atoms with Crippen LogP contribution in [0, 0.1) is 11.6 Å². The summed E-state index contributed by atoms with van der Waals surface area (Å²) in [6.07, 6.45) is 0.532. The van der Waals surface area contributed by atoms with Gasteiger partial charge in [0.25, 0.3) is 0 Å². The Bertz CT molecular complexity index is 320. The number of nitrogens with one attached hydrogen (secondary N) is 1. The maximum absolute atomic E-state index is 13.0. The molecular weight excluding hydrogens is 256 g/mol. The van der Waals surface area contributed by atoms with Crippen molar-refractivity contribution in [3.8, 4) is 0 Å². The molecule has 0 saturated carbocycles. The molecule has 5 heteroatoms. The van der Waals surface area contributed by atoms with Crippen molar-refractivity contribution in [3.05, 3.63) is 28.2 Å². The van der Waals surface area contributed by atoms with Crippen LogP contribution in [0.5, 0.6) is 0 Å². The van der Waals surface area contributed by atoms with Crippen molar-refractivity contribution in [1.29, 1.82) is 0 Å². The lowest BCUT2D eigenvalue weighted by Gasteiger charge is -2.08. The van der Waals surface area contributed by atoms with Crippen LogP contribution in [0.1, 0.15) is 6.42 Å². The van der Waals surface area contributed by atoms with Crippen LogP contribution in [0.15, 0.2) is 16.6 Å². The maximum atomic E-state index is 13.0. The van der Waals surface area contributed by atoms with Crippen LogP contribution >= 0.6 is 15.9 Å². The van der Waals surface area contributed by atoms with Crippen molar-refractivity contribution in [2.45, 2.75) is 6.42 Å². The Hall–Kier alpha value is -0.680. The summed E-state index contributed by atoms with van der Waals surface area (Å²) in [5.41, 5.74) is 0.357. The Kier molecular flexibility index (Phi) is 4.28. The summed E-state index contributed by atoms with van der Waals surface area (Å²) in [5, 5.41) is 11.3. The highest BCUT2D eigenvalue weighted by Crippen LogP contribution is 2.26. The molecule has 0 spiro atoms. The van der Waals surface area contributed by atoms with Gasteiger partial charge in [0.15, 0.2) is 0 Å². The smallest absolute Gasteiger partial charge is 0.142 e. The number of anilines is 1. The molecule has 1 aromatic carbocycles. The zero-order valence-electron chi connectivity index (χ0n) is 7.36. The zero-order chi connectivity index (χ0) is 10.6. The first-order chi connectivity index (χ1) is 6.65. The van der Waals surface area contributed by atoms with Crippen LogP contribution < -0.4 is 5.32 Å². The van der Waals surface area contributed by atoms with E-state index in [1.54, 1.807) is 0 Å². The average molecular weight is 266 g/mol. The monoisotopic (exact) mass is 265 g/mol. The molecule has 1 rings (SSSR count). The molecule has 2 nitrogen and oxygen atoms in total. The third-order valence-corrected chi connectivity index (χ3v) is 2.45. The minimum absolute atomic E-state index is 0.0441. The summed E-state index contributed by atoms with van der Waals surface area (Å²) in [6.45, 7) is 0.514. The maximum Gasteiger partial charge on any atom is 0.142 e. The molecule has 0 amide bonds. The van der Waals surface area contributed by atoms with E-state index < -0.39 is 11.6 Å². The molecule has 0 radical (unpaired) electrons. The lowest BCUT2D eigenvalue weighted by Crippen LogP contribution is -2.05. The molecule has 0 aliphatic rings. The first kappa shape index (κ1) is 11.4. The van der Waals surface area contributed by atoms with Crippen molar-refractivity contribution in [3.63, 3.8) is 0 Å². The summed E-state index contributed by atoms with van der Waals surface area (Å²) in [4.78, 5) is 0. The zero-order valence-corrected chi connectivity index (χ0v) is 8.94. The summed E-state index contributed by atoms with van der Waals surface area (Å²) in [7, 11) is 0. The van der Waals surface area contributed by atoms with E-state index in [1.807, 2.05) is 0 Å². The van der Waals surface area contributed by atoms with Gasteiger partial charge in [-0.3, -0.25) is 0 Å². The quantitative estimate of drug-likeness (QED) is 0.648. The van der Waals surface area contributed by atoms with Crippen molar-refractivity contribution < 1.29 is 13.9 Å². The van der Waals surface area contributed by atoms with Crippen LogP contribution in [-0.4, -0.2) is 18.3 Å². The number of halogens is 3. The molecule has 0 aliphatic heterocycles. The fraction of sp³-hybridized carbons (Fsp3) is 0.333. The van der Waals surface area contributed by atoms with Gasteiger partial charge in [0.05, 0.1) is 10.2 Å². The number of aliphatic hydroxyl groups excluding tert-OH is 1. The Balaban J connectivity index is 2.75. The average Bonchev–Trinajstić information content (AvgIpc) is 2.13. The van der Waals surface area contributed by atoms with Gasteiger partial charge in [0, 0.05) is 19.2 Å². The van der Waals surface area contributed by atoms with E-state index in [2.05, 4.69) is 21.2 Å². The highest BCUT2D eigenvalue weighted by atomic mass is 79.9. The minimum Gasteiger partial charge on any atom is -0.396 e. The molecule has 0 bridgehead atoms. The highest BCUT2D eigenvalue weighted by molar-refractivity contribution is 9.10. The minimum atomic E-state index is -0.642. The Labute approximate surface area is 89.1 Å². The van der Waals surface area contributed by atoms with E-state index in [9.17, 15) is 8.78 Å². The second-order valence-electron chi connectivity index (χ2n) is 2.75. The van der Waals surface area contributed by atoms with Gasteiger partial charge in [-0.1, -0.05) is 0 Å². The van der Waals surface area contributed by atoms with Crippen LogP contribution in [0.3, 0.4) is 0 Å². The predicted molar refractivity (Wildman–Crippen MR) is 54.3 cm³/mol. The van der Waals surface area contributed by atoms with Crippen molar-refractivity contribution in [2.24, 2.45) is 0 Å². The molecule has 0 unspecified atom stereocenters. The van der Waals surface area contributed by atoms with Gasteiger partial charge in [-0.05, 0) is 28.4 Å². The van der Waals surface area contributed by atoms with Gasteiger partial charge in [-0.25, -0.2) is 8.78 Å². The molecule has 0 heterocycles. The molecular formula is C9H10BrF2NO. The van der Waals surface area contributed by atoms with Gasteiger partial charge >= 0.3 is 0 Å². The first-order valence-corrected chi connectivity index (χ1v) is 4.93. The standard InChI is InChI=1S/C9H10BrF2NO/c10-9-7(12)4-6(11)5-8(9)13-2-1-3-14/h4-5,13-14H,1-3H2. The van der Waals surface area contributed by atoms with E-state index in [0.29, 0.717) is 18.7 Å². The number of hydrogen-bond donors (Lipinski definition) is 2. The second kappa shape index (κ2) is 5.26. The Morgan fingerprint density at radius 1 is 1.36 bits per heavy atom. The highest BCUT2D eigenvalue weighted by Gasteiger charge is 2.07. The molecule has 0 aromatic heterocycles. The first-order valence-electron chi connectivity index (χ1n) is 4.14. The lowest BCUT2D eigenvalue weighted by atomic mass is 10.3. The van der Waals surface area contributed by atoms with Gasteiger partial charge in [-0.2, -0.15) is 0 Å². The topological polar surface area (TPSA) is 32.3 Å². The third kappa shape index (κ3) is 2.92. The third-order valence-electron chi connectivity index (χ3n) is 1.64. The van der Waals surface area contributed by atoms with Gasteiger partial charge in [-0.15, -0.1) is 0 Å². The summed E-state index contributed by atoms with van der Waals surface area (Å²) >= 11 is 3.00. The molecule has 2 N–H and O–H groups in total. The number of rotatable bonds is 4. The van der Waals surface area contributed by atoms with E-state index in [0.717, 1.165) is 6.07 Å². The summed E-state index contributed by atoms with van der Waals surface area (Å²) in [5.74, 6) is -1.27. The fourth-order valence-electron chi connectivity index (χ4n) is 0.987. The molecule has 14 heavy (non-hydrogen) atoms. The molecule has 78 valence electrons. The van der Waals surface area contributed by atoms with E-state index >= 15 is 0 Å². The van der Waals surface area contributed by atoms with Gasteiger partial charge in [0.2, 0.25) is 0 Å². The largest absolute Gasteiger partial charge is 0.396 e. The number of hydrogen-bond acceptors (Lipinski definition) is 2. The van der Waals surface area contributed by atoms with Crippen LogP contribution in [0.25, 0.3) is 0 Å². The molecule has 1 aromatic rings. The van der Waals surface area contributed by atoms with Crippen LogP contribution in [-0.2, 0) is 0 Å². The van der Waals surface area contributed by atoms with Crippen molar-refractivity contribution in [1.82, 2.24) is 0 Å². The van der Waals surface area contributed by atoms with E-state index in [-0.39, 0.29) is 11.1 Å². The molecule has 0 saturated heterocycles. The Morgan fingerprint density at radius 3 is 2.71 bits per heavy atom. The molecule has 0 fully saturated rings. The number of benzene rings is 1. The Morgan fingerprint density at radius 2 is 2.07 bits per heavy atom. The van der Waals surface area contributed by atoms with E-state index in [4.69, 9.17) is 5.11 Å². The molecule has 0 aliphatic carbocycles. The predicted octanol–water partition coefficient (Wildman–Crippen LogP) is 2.52. The van der Waals surface area contributed by atoms with Crippen LogP contribution in [0.2, 0.25) is 0 Å². The second-order valence-corrected chi connectivity index (χ2v) is 3.55. The van der Waals surface area contributed by atoms with Gasteiger partial charge in [0.1, 0.15) is 11.6 Å². The lowest BCUT2D eigenvalue weighted by molar-refractivity contribution is 0.292. The normalized spacial score (nSPS) is 10.3. The van der Waals surface area contributed by atoms with Crippen molar-refractivity contribution >= 4 is 21.6 Å². The summed E-state index contributed by atoms with van der Waals surface area (Å²) in [6, 6.07) is 2.01. The fourth-order valence-corrected chi connectivity index (χ4v) is 1.36. The molecule has 0 atom stereocenters. The van der Waals surface area contributed by atoms with Crippen LogP contribution in [0.4, 0.5) is 14.5 Å². The van der Waals surface area contributed by atoms with Gasteiger partial charge < -0.3 is 10.4 Å². The van der Waals surface area contributed by atoms with E-state index in [1.165, 1.54) is 6.07 Å². The number of aliphatic hydroxyl groups is 1. The van der Waals surface area contributed by atoms with Crippen molar-refractivity contribution in [2.75, 3.05) is 18.5 Å². The SMILES string of the molecule is OCCCNc1cc(F)cc(F)c1Br.